The number of nitrogens with one attached hydrogen (secondary N) is 1. The zero-order valence-corrected chi connectivity index (χ0v) is 13.6. The molecule has 3 heterocycles. The Labute approximate surface area is 136 Å². The Bertz CT molecular complexity index is 620. The van der Waals surface area contributed by atoms with Crippen LogP contribution in [0.15, 0.2) is 31.0 Å². The van der Waals surface area contributed by atoms with Gasteiger partial charge < -0.3 is 14.8 Å². The minimum atomic E-state index is -0.128. The van der Waals surface area contributed by atoms with Gasteiger partial charge in [0.05, 0.1) is 12.4 Å². The van der Waals surface area contributed by atoms with E-state index in [0.717, 1.165) is 39.0 Å². The number of hydrogen-bond acceptors (Lipinski definition) is 4. The van der Waals surface area contributed by atoms with Crippen LogP contribution in [0.3, 0.4) is 0 Å². The lowest BCUT2D eigenvalue weighted by Gasteiger charge is -2.32. The zero-order valence-electron chi connectivity index (χ0n) is 13.6. The van der Waals surface area contributed by atoms with Crippen LogP contribution in [0.5, 0.6) is 0 Å². The van der Waals surface area contributed by atoms with Crippen molar-refractivity contribution in [1.82, 2.24) is 29.5 Å². The standard InChI is InChI=1S/C16H24N6O/c1-17-16(23)15-5-10-22(19-15)14-4-2-7-20(12-14)8-3-9-21-11-6-18-13-21/h5-6,10-11,13-14H,2-4,7-9,12H2,1H3,(H,17,23)/t14-/m0/s1. The summed E-state index contributed by atoms with van der Waals surface area (Å²) in [6.07, 6.45) is 11.0. The Morgan fingerprint density at radius 2 is 2.30 bits per heavy atom. The minimum absolute atomic E-state index is 0.128. The Balaban J connectivity index is 1.51. The van der Waals surface area contributed by atoms with E-state index in [4.69, 9.17) is 0 Å². The maximum atomic E-state index is 11.6. The van der Waals surface area contributed by atoms with Crippen LogP contribution in [-0.2, 0) is 6.54 Å². The fourth-order valence-electron chi connectivity index (χ4n) is 3.14. The van der Waals surface area contributed by atoms with Crippen molar-refractivity contribution in [3.63, 3.8) is 0 Å². The summed E-state index contributed by atoms with van der Waals surface area (Å²) in [6.45, 7) is 4.23. The lowest BCUT2D eigenvalue weighted by molar-refractivity contribution is 0.0955. The summed E-state index contributed by atoms with van der Waals surface area (Å²) in [7, 11) is 1.63. The molecule has 2 aromatic rings. The van der Waals surface area contributed by atoms with Crippen LogP contribution in [-0.4, -0.2) is 56.8 Å². The number of carbonyl (C=O) groups is 1. The number of hydrogen-bond donors (Lipinski definition) is 1. The molecule has 7 nitrogen and oxygen atoms in total. The first-order chi connectivity index (χ1) is 11.3. The van der Waals surface area contributed by atoms with Crippen LogP contribution in [0, 0.1) is 0 Å². The molecule has 3 rings (SSSR count). The highest BCUT2D eigenvalue weighted by molar-refractivity contribution is 5.91. The lowest BCUT2D eigenvalue weighted by atomic mass is 10.1. The third-order valence-corrected chi connectivity index (χ3v) is 4.37. The van der Waals surface area contributed by atoms with Crippen LogP contribution in [0.2, 0.25) is 0 Å². The van der Waals surface area contributed by atoms with Crippen molar-refractivity contribution in [2.24, 2.45) is 0 Å². The smallest absolute Gasteiger partial charge is 0.271 e. The lowest BCUT2D eigenvalue weighted by Crippen LogP contribution is -2.37. The van der Waals surface area contributed by atoms with E-state index in [9.17, 15) is 4.79 Å². The molecule has 0 bridgehead atoms. The zero-order chi connectivity index (χ0) is 16.1. The fraction of sp³-hybridized carbons (Fsp3) is 0.562. The fourth-order valence-corrected chi connectivity index (χ4v) is 3.14. The van der Waals surface area contributed by atoms with Crippen molar-refractivity contribution in [3.8, 4) is 0 Å². The number of aryl methyl sites for hydroxylation is 1. The topological polar surface area (TPSA) is 68.0 Å². The molecule has 1 aliphatic heterocycles. The number of nitrogens with zero attached hydrogens (tertiary/aromatic N) is 5. The summed E-state index contributed by atoms with van der Waals surface area (Å²) in [6, 6.07) is 2.15. The van der Waals surface area contributed by atoms with Crippen LogP contribution in [0.1, 0.15) is 35.8 Å². The molecule has 7 heteroatoms. The van der Waals surface area contributed by atoms with Gasteiger partial charge in [-0.2, -0.15) is 5.10 Å². The molecule has 1 saturated heterocycles. The molecular formula is C16H24N6O. The van der Waals surface area contributed by atoms with Crippen molar-refractivity contribution in [2.75, 3.05) is 26.7 Å². The van der Waals surface area contributed by atoms with E-state index in [1.54, 1.807) is 13.1 Å². The van der Waals surface area contributed by atoms with Crippen molar-refractivity contribution < 1.29 is 4.79 Å². The van der Waals surface area contributed by atoms with E-state index < -0.39 is 0 Å². The first kappa shape index (κ1) is 15.7. The summed E-state index contributed by atoms with van der Waals surface area (Å²) in [5, 5.41) is 7.04. The molecule has 1 aliphatic rings. The molecule has 0 unspecified atom stereocenters. The van der Waals surface area contributed by atoms with Crippen molar-refractivity contribution in [2.45, 2.75) is 31.8 Å². The Kier molecular flexibility index (Phi) is 5.07. The SMILES string of the molecule is CNC(=O)c1ccn([C@H]2CCCN(CCCn3ccnc3)C2)n1. The summed E-state index contributed by atoms with van der Waals surface area (Å²) < 4.78 is 4.07. The second-order valence-electron chi connectivity index (χ2n) is 6.01. The number of likely N-dealkylation sites (tertiary alicyclic amines) is 1. The van der Waals surface area contributed by atoms with Crippen LogP contribution in [0.25, 0.3) is 0 Å². The van der Waals surface area contributed by atoms with Gasteiger partial charge in [0.25, 0.3) is 5.91 Å². The molecule has 1 amide bonds. The highest BCUT2D eigenvalue weighted by Crippen LogP contribution is 2.21. The van der Waals surface area contributed by atoms with Crippen molar-refractivity contribution in [1.29, 1.82) is 0 Å². The quantitative estimate of drug-likeness (QED) is 0.868. The van der Waals surface area contributed by atoms with E-state index in [2.05, 4.69) is 24.9 Å². The largest absolute Gasteiger partial charge is 0.354 e. The molecule has 0 radical (unpaired) electrons. The van der Waals surface area contributed by atoms with Gasteiger partial charge in [0, 0.05) is 38.7 Å². The molecule has 1 fully saturated rings. The van der Waals surface area contributed by atoms with Gasteiger partial charge in [0.1, 0.15) is 5.69 Å². The highest BCUT2D eigenvalue weighted by Gasteiger charge is 2.22. The maximum Gasteiger partial charge on any atom is 0.271 e. The molecule has 2 aromatic heterocycles. The third kappa shape index (κ3) is 3.98. The monoisotopic (exact) mass is 316 g/mol. The molecular weight excluding hydrogens is 292 g/mol. The number of aromatic nitrogens is 4. The van der Waals surface area contributed by atoms with Gasteiger partial charge >= 0.3 is 0 Å². The molecule has 1 atom stereocenters. The molecule has 0 saturated carbocycles. The van der Waals surface area contributed by atoms with Gasteiger partial charge in [-0.1, -0.05) is 0 Å². The van der Waals surface area contributed by atoms with Gasteiger partial charge in [-0.3, -0.25) is 9.48 Å². The molecule has 1 N–H and O–H groups in total. The van der Waals surface area contributed by atoms with E-state index in [0.29, 0.717) is 11.7 Å². The first-order valence-electron chi connectivity index (χ1n) is 8.21. The summed E-state index contributed by atoms with van der Waals surface area (Å²) in [5.41, 5.74) is 0.490. The Morgan fingerprint density at radius 3 is 3.09 bits per heavy atom. The molecule has 0 spiro atoms. The van der Waals surface area contributed by atoms with Crippen LogP contribution < -0.4 is 5.32 Å². The normalized spacial score (nSPS) is 18.9. The summed E-state index contributed by atoms with van der Waals surface area (Å²) in [5.74, 6) is -0.128. The maximum absolute atomic E-state index is 11.6. The Morgan fingerprint density at radius 1 is 1.39 bits per heavy atom. The van der Waals surface area contributed by atoms with Gasteiger partial charge in [0.15, 0.2) is 0 Å². The number of amides is 1. The van der Waals surface area contributed by atoms with Crippen LogP contribution >= 0.6 is 0 Å². The molecule has 124 valence electrons. The number of piperidine rings is 1. The minimum Gasteiger partial charge on any atom is -0.354 e. The summed E-state index contributed by atoms with van der Waals surface area (Å²) in [4.78, 5) is 18.2. The average molecular weight is 316 g/mol. The van der Waals surface area contributed by atoms with Crippen LogP contribution in [0.4, 0.5) is 0 Å². The Hall–Kier alpha value is -2.15. The first-order valence-corrected chi connectivity index (χ1v) is 8.21. The predicted molar refractivity (Wildman–Crippen MR) is 87.2 cm³/mol. The highest BCUT2D eigenvalue weighted by atomic mass is 16.1. The van der Waals surface area contributed by atoms with E-state index in [-0.39, 0.29) is 5.91 Å². The van der Waals surface area contributed by atoms with E-state index in [1.165, 1.54) is 6.42 Å². The van der Waals surface area contributed by atoms with Crippen molar-refractivity contribution >= 4 is 5.91 Å². The third-order valence-electron chi connectivity index (χ3n) is 4.37. The second kappa shape index (κ2) is 7.41. The molecule has 23 heavy (non-hydrogen) atoms. The van der Waals surface area contributed by atoms with Gasteiger partial charge in [0.2, 0.25) is 0 Å². The van der Waals surface area contributed by atoms with E-state index >= 15 is 0 Å². The number of imidazole rings is 1. The van der Waals surface area contributed by atoms with Crippen molar-refractivity contribution in [3.05, 3.63) is 36.7 Å². The number of carbonyl (C=O) groups excluding carboxylic acids is 1. The molecule has 0 aromatic carbocycles. The molecule has 0 aliphatic carbocycles. The van der Waals surface area contributed by atoms with E-state index in [1.807, 2.05) is 29.6 Å². The second-order valence-corrected chi connectivity index (χ2v) is 6.01. The average Bonchev–Trinajstić information content (AvgIpc) is 3.26. The summed E-state index contributed by atoms with van der Waals surface area (Å²) >= 11 is 0. The van der Waals surface area contributed by atoms with Gasteiger partial charge in [-0.15, -0.1) is 0 Å². The predicted octanol–water partition coefficient (Wildman–Crippen LogP) is 1.17. The van der Waals surface area contributed by atoms with Gasteiger partial charge in [-0.25, -0.2) is 4.98 Å². The van der Waals surface area contributed by atoms with Gasteiger partial charge in [-0.05, 0) is 38.4 Å². The number of rotatable bonds is 6.